The van der Waals surface area contributed by atoms with Crippen LogP contribution in [0.15, 0.2) is 42.7 Å². The Kier molecular flexibility index (Phi) is 5.01. The molecule has 0 radical (unpaired) electrons. The highest BCUT2D eigenvalue weighted by atomic mass is 19.1. The van der Waals surface area contributed by atoms with Crippen LogP contribution in [0.25, 0.3) is 0 Å². The number of ether oxygens (including phenoxy) is 1. The Morgan fingerprint density at radius 1 is 1.16 bits per heavy atom. The first-order valence-electron chi connectivity index (χ1n) is 6.15. The Bertz CT molecular complexity index is 531. The number of hydrogen-bond donors (Lipinski definition) is 1. The van der Waals surface area contributed by atoms with E-state index in [9.17, 15) is 4.39 Å². The Morgan fingerprint density at radius 2 is 1.95 bits per heavy atom. The van der Waals surface area contributed by atoms with Crippen LogP contribution in [-0.2, 0) is 24.4 Å². The molecule has 1 N–H and O–H groups in total. The molecular weight excluding hydrogens is 243 g/mol. The third-order valence-electron chi connectivity index (χ3n) is 2.82. The van der Waals surface area contributed by atoms with Crippen molar-refractivity contribution in [2.24, 2.45) is 0 Å². The summed E-state index contributed by atoms with van der Waals surface area (Å²) in [5.41, 5.74) is 3.19. The van der Waals surface area contributed by atoms with Gasteiger partial charge >= 0.3 is 0 Å². The van der Waals surface area contributed by atoms with Gasteiger partial charge in [0.1, 0.15) is 5.82 Å². The van der Waals surface area contributed by atoms with Gasteiger partial charge in [0.2, 0.25) is 0 Å². The van der Waals surface area contributed by atoms with Crippen molar-refractivity contribution < 1.29 is 9.13 Å². The molecule has 4 heteroatoms. The van der Waals surface area contributed by atoms with Crippen LogP contribution in [0.3, 0.4) is 0 Å². The van der Waals surface area contributed by atoms with Gasteiger partial charge < -0.3 is 10.1 Å². The van der Waals surface area contributed by atoms with E-state index in [1.54, 1.807) is 13.3 Å². The molecule has 19 heavy (non-hydrogen) atoms. The molecule has 0 aliphatic carbocycles. The monoisotopic (exact) mass is 260 g/mol. The maximum absolute atomic E-state index is 13.0. The lowest BCUT2D eigenvalue weighted by Crippen LogP contribution is -2.14. The minimum Gasteiger partial charge on any atom is -0.380 e. The summed E-state index contributed by atoms with van der Waals surface area (Å²) in [6.45, 7) is 1.90. The number of nitrogens with one attached hydrogen (secondary N) is 1. The predicted molar refractivity (Wildman–Crippen MR) is 71.9 cm³/mol. The second-order valence-electron chi connectivity index (χ2n) is 4.32. The average Bonchev–Trinajstić information content (AvgIpc) is 2.41. The van der Waals surface area contributed by atoms with Crippen LogP contribution < -0.4 is 5.32 Å². The highest BCUT2D eigenvalue weighted by Crippen LogP contribution is 2.10. The number of halogens is 1. The number of benzene rings is 1. The molecule has 1 aromatic carbocycles. The van der Waals surface area contributed by atoms with E-state index < -0.39 is 0 Å². The lowest BCUT2D eigenvalue weighted by atomic mass is 10.1. The van der Waals surface area contributed by atoms with E-state index in [-0.39, 0.29) is 5.82 Å². The van der Waals surface area contributed by atoms with Crippen molar-refractivity contribution in [1.82, 2.24) is 10.3 Å². The SMILES string of the molecule is COCc1ccccc1CNCc1cncc(F)c1. The summed E-state index contributed by atoms with van der Waals surface area (Å²) in [6, 6.07) is 9.59. The van der Waals surface area contributed by atoms with Crippen LogP contribution in [0.5, 0.6) is 0 Å². The molecule has 0 saturated carbocycles. The van der Waals surface area contributed by atoms with Crippen molar-refractivity contribution in [2.75, 3.05) is 7.11 Å². The molecule has 0 bridgehead atoms. The molecule has 0 spiro atoms. The Morgan fingerprint density at radius 3 is 2.68 bits per heavy atom. The van der Waals surface area contributed by atoms with Gasteiger partial charge in [-0.05, 0) is 22.8 Å². The largest absolute Gasteiger partial charge is 0.380 e. The minimum atomic E-state index is -0.306. The fourth-order valence-electron chi connectivity index (χ4n) is 1.92. The van der Waals surface area contributed by atoms with Crippen LogP contribution in [0.2, 0.25) is 0 Å². The summed E-state index contributed by atoms with van der Waals surface area (Å²) in [5.74, 6) is -0.306. The first-order chi connectivity index (χ1) is 9.29. The molecule has 1 heterocycles. The molecule has 0 fully saturated rings. The van der Waals surface area contributed by atoms with Gasteiger partial charge in [-0.15, -0.1) is 0 Å². The quantitative estimate of drug-likeness (QED) is 0.867. The van der Waals surface area contributed by atoms with Crippen LogP contribution in [0.1, 0.15) is 16.7 Å². The molecule has 0 aliphatic heterocycles. The summed E-state index contributed by atoms with van der Waals surface area (Å²) in [4.78, 5) is 3.82. The Balaban J connectivity index is 1.92. The topological polar surface area (TPSA) is 34.1 Å². The van der Waals surface area contributed by atoms with E-state index in [1.165, 1.54) is 17.8 Å². The van der Waals surface area contributed by atoms with Crippen LogP contribution in [0.4, 0.5) is 4.39 Å². The van der Waals surface area contributed by atoms with Crippen molar-refractivity contribution in [3.05, 3.63) is 65.2 Å². The number of hydrogen-bond acceptors (Lipinski definition) is 3. The first kappa shape index (κ1) is 13.6. The van der Waals surface area contributed by atoms with Gasteiger partial charge in [-0.1, -0.05) is 24.3 Å². The van der Waals surface area contributed by atoms with Crippen molar-refractivity contribution in [3.63, 3.8) is 0 Å². The highest BCUT2D eigenvalue weighted by Gasteiger charge is 2.01. The third-order valence-corrected chi connectivity index (χ3v) is 2.82. The molecule has 2 rings (SSSR count). The number of rotatable bonds is 6. The molecule has 0 atom stereocenters. The molecule has 100 valence electrons. The molecule has 2 aromatic rings. The predicted octanol–water partition coefficient (Wildman–Crippen LogP) is 2.66. The number of methoxy groups -OCH3 is 1. The Hall–Kier alpha value is -1.78. The highest BCUT2D eigenvalue weighted by molar-refractivity contribution is 5.26. The van der Waals surface area contributed by atoms with E-state index in [1.807, 2.05) is 18.2 Å². The Labute approximate surface area is 112 Å². The zero-order chi connectivity index (χ0) is 13.5. The van der Waals surface area contributed by atoms with E-state index >= 15 is 0 Å². The molecular formula is C15H17FN2O. The first-order valence-corrected chi connectivity index (χ1v) is 6.15. The lowest BCUT2D eigenvalue weighted by Gasteiger charge is -2.10. The van der Waals surface area contributed by atoms with E-state index in [0.717, 1.165) is 17.7 Å². The summed E-state index contributed by atoms with van der Waals surface area (Å²) >= 11 is 0. The van der Waals surface area contributed by atoms with Gasteiger partial charge in [0.25, 0.3) is 0 Å². The summed E-state index contributed by atoms with van der Waals surface area (Å²) in [7, 11) is 1.68. The second-order valence-corrected chi connectivity index (χ2v) is 4.32. The van der Waals surface area contributed by atoms with Crippen molar-refractivity contribution in [2.45, 2.75) is 19.7 Å². The number of pyridine rings is 1. The van der Waals surface area contributed by atoms with Gasteiger partial charge in [0.05, 0.1) is 12.8 Å². The average molecular weight is 260 g/mol. The minimum absolute atomic E-state index is 0.306. The lowest BCUT2D eigenvalue weighted by molar-refractivity contribution is 0.184. The maximum atomic E-state index is 13.0. The summed E-state index contributed by atoms with van der Waals surface area (Å²) < 4.78 is 18.1. The standard InChI is InChI=1S/C15H17FN2O/c1-19-11-14-5-3-2-4-13(14)9-17-7-12-6-15(16)10-18-8-12/h2-6,8,10,17H,7,9,11H2,1H3. The van der Waals surface area contributed by atoms with Gasteiger partial charge in [-0.2, -0.15) is 0 Å². The van der Waals surface area contributed by atoms with Crippen molar-refractivity contribution in [3.8, 4) is 0 Å². The normalized spacial score (nSPS) is 10.6. The van der Waals surface area contributed by atoms with Crippen LogP contribution in [0, 0.1) is 5.82 Å². The smallest absolute Gasteiger partial charge is 0.141 e. The molecule has 1 aromatic heterocycles. The van der Waals surface area contributed by atoms with Gasteiger partial charge in [0, 0.05) is 26.4 Å². The zero-order valence-corrected chi connectivity index (χ0v) is 10.9. The summed E-state index contributed by atoms with van der Waals surface area (Å²) in [6.07, 6.45) is 2.87. The van der Waals surface area contributed by atoms with Crippen molar-refractivity contribution >= 4 is 0 Å². The fourth-order valence-corrected chi connectivity index (χ4v) is 1.92. The van der Waals surface area contributed by atoms with E-state index in [4.69, 9.17) is 4.74 Å². The molecule has 0 saturated heterocycles. The molecule has 0 amide bonds. The van der Waals surface area contributed by atoms with Crippen LogP contribution >= 0.6 is 0 Å². The fraction of sp³-hybridized carbons (Fsp3) is 0.267. The molecule has 0 unspecified atom stereocenters. The number of aromatic nitrogens is 1. The van der Waals surface area contributed by atoms with Crippen LogP contribution in [-0.4, -0.2) is 12.1 Å². The second kappa shape index (κ2) is 6.97. The van der Waals surface area contributed by atoms with Gasteiger partial charge in [-0.3, -0.25) is 4.98 Å². The summed E-state index contributed by atoms with van der Waals surface area (Å²) in [5, 5.41) is 3.28. The molecule has 3 nitrogen and oxygen atoms in total. The van der Waals surface area contributed by atoms with Gasteiger partial charge in [0.15, 0.2) is 0 Å². The van der Waals surface area contributed by atoms with E-state index in [0.29, 0.717) is 13.2 Å². The number of nitrogens with zero attached hydrogens (tertiary/aromatic N) is 1. The zero-order valence-electron chi connectivity index (χ0n) is 10.9. The van der Waals surface area contributed by atoms with E-state index in [2.05, 4.69) is 16.4 Å². The third kappa shape index (κ3) is 4.12. The molecule has 0 aliphatic rings. The van der Waals surface area contributed by atoms with Crippen molar-refractivity contribution in [1.29, 1.82) is 0 Å². The maximum Gasteiger partial charge on any atom is 0.141 e. The van der Waals surface area contributed by atoms with Gasteiger partial charge in [-0.25, -0.2) is 4.39 Å².